The van der Waals surface area contributed by atoms with Crippen molar-refractivity contribution in [2.75, 3.05) is 32.0 Å². The maximum absolute atomic E-state index is 6.18. The van der Waals surface area contributed by atoms with Crippen LogP contribution < -0.4 is 16.8 Å². The zero-order valence-electron chi connectivity index (χ0n) is 14.4. The van der Waals surface area contributed by atoms with Crippen molar-refractivity contribution < 1.29 is 4.74 Å². The van der Waals surface area contributed by atoms with E-state index in [9.17, 15) is 0 Å². The molecule has 0 spiro atoms. The number of aliphatic imine (C=N–C) groups is 1. The molecule has 5 N–H and O–H groups in total. The number of aromatic nitrogens is 2. The quantitative estimate of drug-likeness (QED) is 0.718. The lowest BCUT2D eigenvalue weighted by Gasteiger charge is -2.52. The number of hydrogen-bond donors (Lipinski definition) is 3. The number of amidine groups is 1. The summed E-state index contributed by atoms with van der Waals surface area (Å²) in [6.45, 7) is 9.37. The second-order valence-corrected chi connectivity index (χ2v) is 7.07. The lowest BCUT2D eigenvalue weighted by molar-refractivity contribution is -0.0749. The van der Waals surface area contributed by atoms with E-state index in [1.165, 1.54) is 0 Å². The number of morpholine rings is 1. The zero-order chi connectivity index (χ0) is 17.4. The average molecular weight is 331 g/mol. The summed E-state index contributed by atoms with van der Waals surface area (Å²) >= 11 is 0. The van der Waals surface area contributed by atoms with Gasteiger partial charge >= 0.3 is 0 Å². The van der Waals surface area contributed by atoms with Crippen molar-refractivity contribution in [2.45, 2.75) is 26.6 Å². The standard InChI is InChI=1S/C16H25N7O/c1-15(2,3)16(23-4-6-24-7-5-23)21-12(8-13(17)22-16)11-9-19-14(18)20-10-11/h8-10,21H,4-7H2,1-3H3,(H2,17,22)(H2,18,19,20). The van der Waals surface area contributed by atoms with Gasteiger partial charge in [-0.05, 0) is 0 Å². The van der Waals surface area contributed by atoms with Gasteiger partial charge in [0.25, 0.3) is 0 Å². The molecule has 2 aliphatic heterocycles. The molecule has 1 aromatic heterocycles. The van der Waals surface area contributed by atoms with Crippen molar-refractivity contribution in [1.82, 2.24) is 20.2 Å². The summed E-state index contributed by atoms with van der Waals surface area (Å²) in [7, 11) is 0. The van der Waals surface area contributed by atoms with Crippen LogP contribution in [0.3, 0.4) is 0 Å². The molecule has 3 rings (SSSR count). The van der Waals surface area contributed by atoms with Gasteiger partial charge in [0.05, 0.1) is 18.9 Å². The van der Waals surface area contributed by atoms with E-state index < -0.39 is 5.79 Å². The van der Waals surface area contributed by atoms with Gasteiger partial charge in [0.15, 0.2) is 5.79 Å². The molecule has 8 heteroatoms. The van der Waals surface area contributed by atoms with Gasteiger partial charge in [-0.3, -0.25) is 4.90 Å². The molecule has 1 fully saturated rings. The van der Waals surface area contributed by atoms with Gasteiger partial charge in [0.2, 0.25) is 5.95 Å². The van der Waals surface area contributed by atoms with Crippen LogP contribution in [0.1, 0.15) is 26.3 Å². The van der Waals surface area contributed by atoms with Crippen molar-refractivity contribution in [3.8, 4) is 0 Å². The molecule has 1 atom stereocenters. The predicted octanol–water partition coefficient (Wildman–Crippen LogP) is 0.392. The maximum Gasteiger partial charge on any atom is 0.219 e. The second kappa shape index (κ2) is 6.03. The van der Waals surface area contributed by atoms with E-state index in [2.05, 4.69) is 41.0 Å². The Labute approximate surface area is 142 Å². The Bertz CT molecular complexity index is 656. The number of hydrogen-bond acceptors (Lipinski definition) is 8. The van der Waals surface area contributed by atoms with E-state index in [4.69, 9.17) is 21.2 Å². The van der Waals surface area contributed by atoms with Gasteiger partial charge in [0, 0.05) is 42.5 Å². The minimum atomic E-state index is -0.660. The molecule has 0 radical (unpaired) electrons. The van der Waals surface area contributed by atoms with Gasteiger partial charge in [0.1, 0.15) is 5.84 Å². The van der Waals surface area contributed by atoms with Crippen LogP contribution >= 0.6 is 0 Å². The van der Waals surface area contributed by atoms with Crippen LogP contribution in [0.4, 0.5) is 5.95 Å². The van der Waals surface area contributed by atoms with E-state index in [1.807, 2.05) is 0 Å². The molecule has 2 aliphatic rings. The van der Waals surface area contributed by atoms with Crippen LogP contribution in [-0.4, -0.2) is 52.8 Å². The zero-order valence-corrected chi connectivity index (χ0v) is 14.4. The summed E-state index contributed by atoms with van der Waals surface area (Å²) < 4.78 is 5.50. The van der Waals surface area contributed by atoms with Gasteiger partial charge in [-0.15, -0.1) is 0 Å². The third-order valence-electron chi connectivity index (χ3n) is 4.39. The molecule has 0 amide bonds. The lowest BCUT2D eigenvalue weighted by Crippen LogP contribution is -2.68. The fourth-order valence-electron chi connectivity index (χ4n) is 3.12. The predicted molar refractivity (Wildman–Crippen MR) is 93.8 cm³/mol. The number of rotatable bonds is 2. The Kier molecular flexibility index (Phi) is 4.18. The Morgan fingerprint density at radius 2 is 1.79 bits per heavy atom. The normalized spacial score (nSPS) is 25.6. The third-order valence-corrected chi connectivity index (χ3v) is 4.39. The molecule has 1 aromatic rings. The molecule has 0 aliphatic carbocycles. The highest BCUT2D eigenvalue weighted by molar-refractivity contribution is 5.99. The minimum absolute atomic E-state index is 0.205. The smallest absolute Gasteiger partial charge is 0.219 e. The Hall–Kier alpha value is -2.19. The summed E-state index contributed by atoms with van der Waals surface area (Å²) in [5, 5.41) is 3.59. The number of anilines is 1. The van der Waals surface area contributed by atoms with Crippen LogP contribution in [0.2, 0.25) is 0 Å². The fraction of sp³-hybridized carbons (Fsp3) is 0.562. The number of nitrogen functional groups attached to an aromatic ring is 1. The van der Waals surface area contributed by atoms with Crippen LogP contribution in [0.5, 0.6) is 0 Å². The molecule has 0 bridgehead atoms. The molecule has 8 nitrogen and oxygen atoms in total. The van der Waals surface area contributed by atoms with Crippen molar-refractivity contribution >= 4 is 17.5 Å². The summed E-state index contributed by atoms with van der Waals surface area (Å²) in [6.07, 6.45) is 5.18. The van der Waals surface area contributed by atoms with Crippen LogP contribution in [-0.2, 0) is 4.74 Å². The van der Waals surface area contributed by atoms with Crippen molar-refractivity contribution in [2.24, 2.45) is 16.1 Å². The molecule has 0 aromatic carbocycles. The lowest BCUT2D eigenvalue weighted by atomic mass is 9.84. The van der Waals surface area contributed by atoms with Crippen molar-refractivity contribution in [3.05, 3.63) is 24.0 Å². The highest BCUT2D eigenvalue weighted by Crippen LogP contribution is 2.39. The van der Waals surface area contributed by atoms with Gasteiger partial charge in [-0.25, -0.2) is 15.0 Å². The molecule has 0 saturated carbocycles. The molecule has 1 unspecified atom stereocenters. The van der Waals surface area contributed by atoms with Crippen molar-refractivity contribution in [3.63, 3.8) is 0 Å². The first kappa shape index (κ1) is 16.7. The van der Waals surface area contributed by atoms with Crippen LogP contribution in [0, 0.1) is 5.41 Å². The summed E-state index contributed by atoms with van der Waals surface area (Å²) in [5.74, 6) is 0.0563. The van der Waals surface area contributed by atoms with E-state index in [1.54, 1.807) is 18.5 Å². The van der Waals surface area contributed by atoms with E-state index in [-0.39, 0.29) is 11.4 Å². The highest BCUT2D eigenvalue weighted by atomic mass is 16.5. The highest BCUT2D eigenvalue weighted by Gasteiger charge is 2.49. The van der Waals surface area contributed by atoms with Crippen LogP contribution in [0.15, 0.2) is 23.5 Å². The minimum Gasteiger partial charge on any atom is -0.384 e. The third kappa shape index (κ3) is 2.94. The van der Waals surface area contributed by atoms with Gasteiger partial charge in [-0.2, -0.15) is 0 Å². The Balaban J connectivity index is 2.01. The molecular weight excluding hydrogens is 306 g/mol. The molecule has 3 heterocycles. The summed E-state index contributed by atoms with van der Waals surface area (Å²) in [5.41, 5.74) is 13.2. The first-order chi connectivity index (χ1) is 11.3. The number of ether oxygens (including phenoxy) is 1. The fourth-order valence-corrected chi connectivity index (χ4v) is 3.12. The average Bonchev–Trinajstić information content (AvgIpc) is 2.54. The maximum atomic E-state index is 6.18. The number of nitrogens with two attached hydrogens (primary N) is 2. The first-order valence-electron chi connectivity index (χ1n) is 8.08. The topological polar surface area (TPSA) is 115 Å². The van der Waals surface area contributed by atoms with E-state index in [0.717, 1.165) is 24.4 Å². The summed E-state index contributed by atoms with van der Waals surface area (Å²) in [6, 6.07) is 0. The number of nitrogens with one attached hydrogen (secondary N) is 1. The molecule has 24 heavy (non-hydrogen) atoms. The largest absolute Gasteiger partial charge is 0.384 e. The first-order valence-corrected chi connectivity index (χ1v) is 8.08. The van der Waals surface area contributed by atoms with Gasteiger partial charge < -0.3 is 21.5 Å². The van der Waals surface area contributed by atoms with E-state index >= 15 is 0 Å². The van der Waals surface area contributed by atoms with Crippen molar-refractivity contribution in [1.29, 1.82) is 0 Å². The Morgan fingerprint density at radius 3 is 2.38 bits per heavy atom. The molecule has 1 saturated heterocycles. The summed E-state index contributed by atoms with van der Waals surface area (Å²) in [4.78, 5) is 15.2. The van der Waals surface area contributed by atoms with Gasteiger partial charge in [-0.1, -0.05) is 20.8 Å². The molecular formula is C16H25N7O. The number of nitrogens with zero attached hydrogens (tertiary/aromatic N) is 4. The Morgan fingerprint density at radius 1 is 1.17 bits per heavy atom. The second-order valence-electron chi connectivity index (χ2n) is 7.07. The van der Waals surface area contributed by atoms with E-state index in [0.29, 0.717) is 19.0 Å². The SMILES string of the molecule is CC(C)(C)C1(N2CCOCC2)N=C(N)C=C(c2cnc(N)nc2)N1. The van der Waals surface area contributed by atoms with Crippen LogP contribution in [0.25, 0.3) is 5.70 Å². The molecule has 130 valence electrons. The monoisotopic (exact) mass is 331 g/mol.